The van der Waals surface area contributed by atoms with Crippen molar-refractivity contribution in [1.29, 1.82) is 0 Å². The summed E-state index contributed by atoms with van der Waals surface area (Å²) in [6, 6.07) is 2.20. The number of ketones is 1. The zero-order chi connectivity index (χ0) is 12.0. The number of carbonyl (C=O) groups excluding carboxylic acids is 1. The molecule has 0 aliphatic carbocycles. The van der Waals surface area contributed by atoms with Crippen molar-refractivity contribution in [1.82, 2.24) is 15.1 Å². The molecule has 0 fully saturated rings. The van der Waals surface area contributed by atoms with Crippen LogP contribution in [0.25, 0.3) is 0 Å². The molecule has 0 atom stereocenters. The molecule has 0 saturated carbocycles. The van der Waals surface area contributed by atoms with Crippen LogP contribution in [0.1, 0.15) is 25.6 Å². The molecule has 0 aromatic carbocycles. The Bertz CT molecular complexity index is 387. The number of nitrogens with zero attached hydrogens (tertiary/aromatic N) is 2. The summed E-state index contributed by atoms with van der Waals surface area (Å²) in [5.74, 6) is 2.52. The first-order chi connectivity index (χ1) is 7.63. The lowest BCUT2D eigenvalue weighted by molar-refractivity contribution is -0.117. The van der Waals surface area contributed by atoms with Crippen LogP contribution >= 0.6 is 0 Å². The molecule has 1 N–H and O–H groups in total. The molecule has 0 aliphatic rings. The summed E-state index contributed by atoms with van der Waals surface area (Å²) in [4.78, 5) is 11.5. The van der Waals surface area contributed by atoms with E-state index in [1.54, 1.807) is 0 Å². The van der Waals surface area contributed by atoms with Crippen molar-refractivity contribution in [2.24, 2.45) is 0 Å². The first kappa shape index (κ1) is 12.5. The molecule has 86 valence electrons. The standard InChI is InChI=1S/C12H17N3O/c1-4-6-13-9-12(16)8-11-5-7-15(14-11)10(2)3/h1,5,7,10,13H,6,8-9H2,2-3H3. The molecule has 4 heteroatoms. The number of rotatable bonds is 6. The van der Waals surface area contributed by atoms with E-state index in [2.05, 4.69) is 16.3 Å². The number of hydrogen-bond acceptors (Lipinski definition) is 3. The van der Waals surface area contributed by atoms with E-state index in [-0.39, 0.29) is 5.78 Å². The molecule has 0 aliphatic heterocycles. The van der Waals surface area contributed by atoms with Crippen molar-refractivity contribution < 1.29 is 4.79 Å². The van der Waals surface area contributed by atoms with E-state index in [0.717, 1.165) is 5.69 Å². The fourth-order valence-corrected chi connectivity index (χ4v) is 1.30. The Labute approximate surface area is 96.0 Å². The van der Waals surface area contributed by atoms with Crippen molar-refractivity contribution in [3.8, 4) is 12.3 Å². The molecule has 4 nitrogen and oxygen atoms in total. The lowest BCUT2D eigenvalue weighted by Gasteiger charge is -2.03. The Hall–Kier alpha value is -1.60. The highest BCUT2D eigenvalue weighted by Crippen LogP contribution is 2.04. The number of carbonyl (C=O) groups is 1. The number of terminal acetylenes is 1. The minimum atomic E-state index is 0.101. The molecule has 16 heavy (non-hydrogen) atoms. The van der Waals surface area contributed by atoms with Gasteiger partial charge in [-0.25, -0.2) is 0 Å². The van der Waals surface area contributed by atoms with Crippen LogP contribution in [0.3, 0.4) is 0 Å². The second-order valence-corrected chi connectivity index (χ2v) is 3.90. The third-order valence-electron chi connectivity index (χ3n) is 2.12. The normalized spacial score (nSPS) is 10.4. The minimum Gasteiger partial charge on any atom is -0.299 e. The molecule has 0 bridgehead atoms. The van der Waals surface area contributed by atoms with E-state index in [1.165, 1.54) is 0 Å². The van der Waals surface area contributed by atoms with E-state index in [4.69, 9.17) is 6.42 Å². The lowest BCUT2D eigenvalue weighted by atomic mass is 10.2. The molecular weight excluding hydrogens is 202 g/mol. The summed E-state index contributed by atoms with van der Waals surface area (Å²) in [6.07, 6.45) is 7.31. The van der Waals surface area contributed by atoms with Gasteiger partial charge in [0, 0.05) is 12.2 Å². The summed E-state index contributed by atoms with van der Waals surface area (Å²) in [5.41, 5.74) is 0.807. The van der Waals surface area contributed by atoms with E-state index in [9.17, 15) is 4.79 Å². The Morgan fingerprint density at radius 3 is 3.00 bits per heavy atom. The summed E-state index contributed by atoms with van der Waals surface area (Å²) >= 11 is 0. The molecule has 0 saturated heterocycles. The Kier molecular flexibility index (Phi) is 4.74. The van der Waals surface area contributed by atoms with E-state index < -0.39 is 0 Å². The van der Waals surface area contributed by atoms with Gasteiger partial charge in [0.05, 0.1) is 25.2 Å². The zero-order valence-corrected chi connectivity index (χ0v) is 9.73. The Morgan fingerprint density at radius 2 is 2.44 bits per heavy atom. The monoisotopic (exact) mass is 219 g/mol. The van der Waals surface area contributed by atoms with Crippen molar-refractivity contribution >= 4 is 5.78 Å². The highest BCUT2D eigenvalue weighted by atomic mass is 16.1. The first-order valence-corrected chi connectivity index (χ1v) is 5.33. The van der Waals surface area contributed by atoms with Crippen LogP contribution in [0.4, 0.5) is 0 Å². The van der Waals surface area contributed by atoms with E-state index in [1.807, 2.05) is 30.8 Å². The average Bonchev–Trinajstić information content (AvgIpc) is 2.66. The van der Waals surface area contributed by atoms with Gasteiger partial charge in [0.25, 0.3) is 0 Å². The predicted octanol–water partition coefficient (Wildman–Crippen LogP) is 0.798. The summed E-state index contributed by atoms with van der Waals surface area (Å²) in [7, 11) is 0. The molecule has 1 rings (SSSR count). The highest BCUT2D eigenvalue weighted by Gasteiger charge is 2.07. The molecule has 1 heterocycles. The van der Waals surface area contributed by atoms with Gasteiger partial charge in [0.15, 0.2) is 5.78 Å². The molecular formula is C12H17N3O. The average molecular weight is 219 g/mol. The number of hydrogen-bond donors (Lipinski definition) is 1. The van der Waals surface area contributed by atoms with Gasteiger partial charge in [-0.2, -0.15) is 5.10 Å². The van der Waals surface area contributed by atoms with Crippen LogP contribution in [-0.4, -0.2) is 28.7 Å². The topological polar surface area (TPSA) is 46.9 Å². The highest BCUT2D eigenvalue weighted by molar-refractivity contribution is 5.82. The third-order valence-corrected chi connectivity index (χ3v) is 2.12. The molecule has 0 unspecified atom stereocenters. The summed E-state index contributed by atoms with van der Waals surface area (Å²) in [5, 5.41) is 7.17. The van der Waals surface area contributed by atoms with Crippen LogP contribution in [0, 0.1) is 12.3 Å². The molecule has 0 radical (unpaired) electrons. The fourth-order valence-electron chi connectivity index (χ4n) is 1.30. The van der Waals surface area contributed by atoms with Gasteiger partial charge in [-0.1, -0.05) is 5.92 Å². The van der Waals surface area contributed by atoms with E-state index >= 15 is 0 Å². The quantitative estimate of drug-likeness (QED) is 0.568. The molecule has 1 aromatic heterocycles. The van der Waals surface area contributed by atoms with Gasteiger partial charge in [0.2, 0.25) is 0 Å². The second-order valence-electron chi connectivity index (χ2n) is 3.90. The van der Waals surface area contributed by atoms with Crippen LogP contribution in [-0.2, 0) is 11.2 Å². The predicted molar refractivity (Wildman–Crippen MR) is 63.0 cm³/mol. The molecule has 0 amide bonds. The maximum absolute atomic E-state index is 11.5. The van der Waals surface area contributed by atoms with Crippen molar-refractivity contribution in [2.75, 3.05) is 13.1 Å². The van der Waals surface area contributed by atoms with Crippen molar-refractivity contribution in [3.63, 3.8) is 0 Å². The Morgan fingerprint density at radius 1 is 1.69 bits per heavy atom. The largest absolute Gasteiger partial charge is 0.299 e. The molecule has 1 aromatic rings. The van der Waals surface area contributed by atoms with Gasteiger partial charge in [-0.3, -0.25) is 14.8 Å². The number of Topliss-reactive ketones (excluding diaryl/α,β-unsaturated/α-hetero) is 1. The van der Waals surface area contributed by atoms with Crippen LogP contribution in [0.15, 0.2) is 12.3 Å². The van der Waals surface area contributed by atoms with Gasteiger partial charge in [0.1, 0.15) is 0 Å². The number of aromatic nitrogens is 2. The van der Waals surface area contributed by atoms with Crippen molar-refractivity contribution in [2.45, 2.75) is 26.3 Å². The van der Waals surface area contributed by atoms with Crippen LogP contribution < -0.4 is 5.32 Å². The third kappa shape index (κ3) is 3.87. The SMILES string of the molecule is C#CCNCC(=O)Cc1ccn(C(C)C)n1. The maximum atomic E-state index is 11.5. The lowest BCUT2D eigenvalue weighted by Crippen LogP contribution is -2.24. The fraction of sp³-hybridized carbons (Fsp3) is 0.500. The number of nitrogens with one attached hydrogen (secondary N) is 1. The summed E-state index contributed by atoms with van der Waals surface area (Å²) < 4.78 is 1.84. The maximum Gasteiger partial charge on any atom is 0.152 e. The van der Waals surface area contributed by atoms with Crippen LogP contribution in [0.2, 0.25) is 0 Å². The van der Waals surface area contributed by atoms with Gasteiger partial charge >= 0.3 is 0 Å². The summed E-state index contributed by atoms with van der Waals surface area (Å²) in [6.45, 7) is 4.82. The van der Waals surface area contributed by atoms with E-state index in [0.29, 0.717) is 25.6 Å². The van der Waals surface area contributed by atoms with Gasteiger partial charge < -0.3 is 0 Å². The van der Waals surface area contributed by atoms with Crippen molar-refractivity contribution in [3.05, 3.63) is 18.0 Å². The second kappa shape index (κ2) is 6.09. The minimum absolute atomic E-state index is 0.101. The van der Waals surface area contributed by atoms with Crippen LogP contribution in [0.5, 0.6) is 0 Å². The zero-order valence-electron chi connectivity index (χ0n) is 9.73. The Balaban J connectivity index is 2.41. The first-order valence-electron chi connectivity index (χ1n) is 5.33. The van der Waals surface area contributed by atoms with Gasteiger partial charge in [-0.15, -0.1) is 6.42 Å². The van der Waals surface area contributed by atoms with Gasteiger partial charge in [-0.05, 0) is 19.9 Å². The smallest absolute Gasteiger partial charge is 0.152 e. The molecule has 0 spiro atoms.